The number of nitrogens with one attached hydrogen (secondary N) is 1. The summed E-state index contributed by atoms with van der Waals surface area (Å²) in [5, 5.41) is 2.86. The van der Waals surface area contributed by atoms with E-state index in [1.807, 2.05) is 13.0 Å². The Morgan fingerprint density at radius 2 is 2.15 bits per heavy atom. The Kier molecular flexibility index (Phi) is 4.10. The third-order valence-electron chi connectivity index (χ3n) is 2.76. The molecular formula is C14H14ClN3O2. The summed E-state index contributed by atoms with van der Waals surface area (Å²) >= 11 is 5.89. The Hall–Kier alpha value is -2.27. The number of nitrogens with two attached hydrogens (primary N) is 1. The number of nitrogens with zero attached hydrogens (tertiary/aromatic N) is 1. The standard InChI is InChI=1S/C14H14ClN3O2/c1-8-5-10(3-4-12(8)20-2)18-14(19)11-6-9(16)7-17-13(11)15/h3-7H,16H2,1-2H3,(H,18,19). The van der Waals surface area contributed by atoms with E-state index in [2.05, 4.69) is 10.3 Å². The van der Waals surface area contributed by atoms with Crippen LogP contribution in [0.2, 0.25) is 5.15 Å². The monoisotopic (exact) mass is 291 g/mol. The largest absolute Gasteiger partial charge is 0.496 e. The van der Waals surface area contributed by atoms with E-state index in [1.54, 1.807) is 19.2 Å². The van der Waals surface area contributed by atoms with Crippen LogP contribution >= 0.6 is 11.6 Å². The van der Waals surface area contributed by atoms with Gasteiger partial charge in [0.15, 0.2) is 0 Å². The van der Waals surface area contributed by atoms with Gasteiger partial charge < -0.3 is 15.8 Å². The highest BCUT2D eigenvalue weighted by Gasteiger charge is 2.12. The van der Waals surface area contributed by atoms with Crippen molar-refractivity contribution in [3.8, 4) is 5.75 Å². The van der Waals surface area contributed by atoms with Gasteiger partial charge in [0.2, 0.25) is 0 Å². The maximum Gasteiger partial charge on any atom is 0.258 e. The number of hydrogen-bond acceptors (Lipinski definition) is 4. The van der Waals surface area contributed by atoms with E-state index < -0.39 is 0 Å². The molecule has 3 N–H and O–H groups in total. The van der Waals surface area contributed by atoms with Gasteiger partial charge in [0, 0.05) is 5.69 Å². The molecular weight excluding hydrogens is 278 g/mol. The van der Waals surface area contributed by atoms with E-state index in [0.29, 0.717) is 11.4 Å². The number of methoxy groups -OCH3 is 1. The van der Waals surface area contributed by atoms with Gasteiger partial charge in [0.05, 0.1) is 24.6 Å². The number of carbonyl (C=O) groups is 1. The number of carbonyl (C=O) groups excluding carboxylic acids is 1. The first kappa shape index (κ1) is 14.1. The molecule has 6 heteroatoms. The number of aromatic nitrogens is 1. The lowest BCUT2D eigenvalue weighted by Crippen LogP contribution is -2.13. The minimum Gasteiger partial charge on any atom is -0.496 e. The third kappa shape index (κ3) is 3.00. The minimum atomic E-state index is -0.362. The van der Waals surface area contributed by atoms with Crippen molar-refractivity contribution in [3.63, 3.8) is 0 Å². The molecule has 2 aromatic rings. The van der Waals surface area contributed by atoms with Crippen LogP contribution in [0.5, 0.6) is 5.75 Å². The Labute approximate surface area is 121 Å². The fourth-order valence-electron chi connectivity index (χ4n) is 1.78. The number of pyridine rings is 1. The van der Waals surface area contributed by atoms with Crippen molar-refractivity contribution in [2.24, 2.45) is 0 Å². The first-order chi connectivity index (χ1) is 9.51. The lowest BCUT2D eigenvalue weighted by atomic mass is 10.2. The normalized spacial score (nSPS) is 10.2. The van der Waals surface area contributed by atoms with Crippen molar-refractivity contribution < 1.29 is 9.53 Å². The molecule has 1 aromatic heterocycles. The number of hydrogen-bond donors (Lipinski definition) is 2. The summed E-state index contributed by atoms with van der Waals surface area (Å²) in [6.07, 6.45) is 1.40. The smallest absolute Gasteiger partial charge is 0.258 e. The molecule has 1 heterocycles. The van der Waals surface area contributed by atoms with Gasteiger partial charge in [-0.1, -0.05) is 11.6 Å². The summed E-state index contributed by atoms with van der Waals surface area (Å²) in [4.78, 5) is 16.0. The van der Waals surface area contributed by atoms with Gasteiger partial charge in [-0.15, -0.1) is 0 Å². The molecule has 0 unspecified atom stereocenters. The highest BCUT2D eigenvalue weighted by atomic mass is 35.5. The second-order valence-corrected chi connectivity index (χ2v) is 4.60. The van der Waals surface area contributed by atoms with Crippen molar-refractivity contribution in [3.05, 3.63) is 46.7 Å². The van der Waals surface area contributed by atoms with Crippen LogP contribution in [0, 0.1) is 6.92 Å². The molecule has 0 aliphatic carbocycles. The van der Waals surface area contributed by atoms with Gasteiger partial charge >= 0.3 is 0 Å². The zero-order valence-electron chi connectivity index (χ0n) is 11.1. The fourth-order valence-corrected chi connectivity index (χ4v) is 1.97. The Balaban J connectivity index is 2.23. The highest BCUT2D eigenvalue weighted by Crippen LogP contribution is 2.23. The van der Waals surface area contributed by atoms with Crippen LogP contribution < -0.4 is 15.8 Å². The number of aryl methyl sites for hydroxylation is 1. The van der Waals surface area contributed by atoms with Gasteiger partial charge in [-0.2, -0.15) is 0 Å². The molecule has 0 aliphatic heterocycles. The maximum atomic E-state index is 12.1. The molecule has 0 fully saturated rings. The van der Waals surface area contributed by atoms with Crippen LogP contribution in [0.1, 0.15) is 15.9 Å². The molecule has 0 spiro atoms. The molecule has 1 amide bonds. The molecule has 104 valence electrons. The van der Waals surface area contributed by atoms with Crippen molar-refractivity contribution in [2.45, 2.75) is 6.92 Å². The zero-order valence-corrected chi connectivity index (χ0v) is 11.9. The number of rotatable bonds is 3. The topological polar surface area (TPSA) is 77.2 Å². The third-order valence-corrected chi connectivity index (χ3v) is 3.06. The lowest BCUT2D eigenvalue weighted by molar-refractivity contribution is 0.102. The van der Waals surface area contributed by atoms with Crippen LogP contribution in [0.4, 0.5) is 11.4 Å². The summed E-state index contributed by atoms with van der Waals surface area (Å²) in [6, 6.07) is 6.83. The van der Waals surface area contributed by atoms with Crippen LogP contribution in [-0.2, 0) is 0 Å². The number of nitrogen functional groups attached to an aromatic ring is 1. The maximum absolute atomic E-state index is 12.1. The number of ether oxygens (including phenoxy) is 1. The summed E-state index contributed by atoms with van der Waals surface area (Å²) in [5.41, 5.74) is 7.78. The molecule has 2 rings (SSSR count). The predicted octanol–water partition coefficient (Wildman–Crippen LogP) is 2.89. The van der Waals surface area contributed by atoms with Crippen molar-refractivity contribution in [1.29, 1.82) is 0 Å². The summed E-state index contributed by atoms with van der Waals surface area (Å²) < 4.78 is 5.16. The second kappa shape index (κ2) is 5.79. The van der Waals surface area contributed by atoms with E-state index in [4.69, 9.17) is 22.1 Å². The molecule has 0 bridgehead atoms. The molecule has 1 aromatic carbocycles. The minimum absolute atomic E-state index is 0.113. The van der Waals surface area contributed by atoms with Crippen LogP contribution in [0.25, 0.3) is 0 Å². The van der Waals surface area contributed by atoms with Crippen LogP contribution in [0.3, 0.4) is 0 Å². The molecule has 0 aliphatic rings. The Morgan fingerprint density at radius 1 is 1.40 bits per heavy atom. The highest BCUT2D eigenvalue weighted by molar-refractivity contribution is 6.33. The van der Waals surface area contributed by atoms with E-state index in [9.17, 15) is 4.79 Å². The molecule has 0 saturated heterocycles. The first-order valence-corrected chi connectivity index (χ1v) is 6.26. The van der Waals surface area contributed by atoms with E-state index in [0.717, 1.165) is 11.3 Å². The molecule has 0 atom stereocenters. The zero-order chi connectivity index (χ0) is 14.7. The van der Waals surface area contributed by atoms with E-state index in [1.165, 1.54) is 12.3 Å². The first-order valence-electron chi connectivity index (χ1n) is 5.88. The van der Waals surface area contributed by atoms with Crippen molar-refractivity contribution in [2.75, 3.05) is 18.2 Å². The summed E-state index contributed by atoms with van der Waals surface area (Å²) in [5.74, 6) is 0.394. The van der Waals surface area contributed by atoms with Crippen molar-refractivity contribution in [1.82, 2.24) is 4.98 Å². The molecule has 20 heavy (non-hydrogen) atoms. The quantitative estimate of drug-likeness (QED) is 0.853. The summed E-state index contributed by atoms with van der Waals surface area (Å²) in [6.45, 7) is 1.89. The Morgan fingerprint density at radius 3 is 2.80 bits per heavy atom. The number of benzene rings is 1. The SMILES string of the molecule is COc1ccc(NC(=O)c2cc(N)cnc2Cl)cc1C. The number of anilines is 2. The number of halogens is 1. The molecule has 5 nitrogen and oxygen atoms in total. The van der Waals surface area contributed by atoms with Gasteiger partial charge in [0.1, 0.15) is 10.9 Å². The second-order valence-electron chi connectivity index (χ2n) is 4.25. The van der Waals surface area contributed by atoms with E-state index >= 15 is 0 Å². The van der Waals surface area contributed by atoms with E-state index in [-0.39, 0.29) is 16.6 Å². The van der Waals surface area contributed by atoms with Crippen LogP contribution in [-0.4, -0.2) is 18.0 Å². The average molecular weight is 292 g/mol. The molecule has 0 saturated carbocycles. The predicted molar refractivity (Wildman–Crippen MR) is 79.3 cm³/mol. The average Bonchev–Trinajstić information content (AvgIpc) is 2.41. The molecule has 0 radical (unpaired) electrons. The van der Waals surface area contributed by atoms with Gasteiger partial charge in [-0.25, -0.2) is 4.98 Å². The van der Waals surface area contributed by atoms with Gasteiger partial charge in [-0.3, -0.25) is 4.79 Å². The Bertz CT molecular complexity index is 659. The van der Waals surface area contributed by atoms with Crippen molar-refractivity contribution >= 4 is 28.9 Å². The fraction of sp³-hybridized carbons (Fsp3) is 0.143. The van der Waals surface area contributed by atoms with Gasteiger partial charge in [0.25, 0.3) is 5.91 Å². The number of amides is 1. The lowest BCUT2D eigenvalue weighted by Gasteiger charge is -2.10. The summed E-state index contributed by atoms with van der Waals surface area (Å²) in [7, 11) is 1.60. The van der Waals surface area contributed by atoms with Gasteiger partial charge in [-0.05, 0) is 36.8 Å². The van der Waals surface area contributed by atoms with Crippen LogP contribution in [0.15, 0.2) is 30.5 Å².